The molecule has 1 N–H and O–H groups in total. The largest absolute Gasteiger partial charge is 0.466 e. The van der Waals surface area contributed by atoms with E-state index in [0.29, 0.717) is 0 Å². The van der Waals surface area contributed by atoms with E-state index >= 15 is 0 Å². The van der Waals surface area contributed by atoms with Gasteiger partial charge in [0.05, 0.1) is 26.2 Å². The lowest BCUT2D eigenvalue weighted by Gasteiger charge is -2.26. The number of esters is 3. The van der Waals surface area contributed by atoms with Crippen LogP contribution in [0.2, 0.25) is 0 Å². The lowest BCUT2D eigenvalue weighted by atomic mass is 9.93. The number of alkyl halides is 1. The van der Waals surface area contributed by atoms with Gasteiger partial charge in [-0.1, -0.05) is 0 Å². The molecule has 20 heavy (non-hydrogen) atoms. The second-order valence-electron chi connectivity index (χ2n) is 3.74. The third-order valence-corrected chi connectivity index (χ3v) is 2.26. The molecule has 0 aromatic rings. The number of hydrogen-bond donors (Lipinski definition) is 1. The van der Waals surface area contributed by atoms with Gasteiger partial charge in [0.15, 0.2) is 0 Å². The molecule has 0 aromatic heterocycles. The van der Waals surface area contributed by atoms with Crippen LogP contribution in [0.3, 0.4) is 0 Å². The Bertz CT molecular complexity index is 358. The van der Waals surface area contributed by atoms with Crippen molar-refractivity contribution in [3.63, 3.8) is 0 Å². The Morgan fingerprint density at radius 3 is 2.00 bits per heavy atom. The van der Waals surface area contributed by atoms with Gasteiger partial charge in [0, 0.05) is 0 Å². The molecule has 0 rings (SSSR count). The summed E-state index contributed by atoms with van der Waals surface area (Å²) < 4.78 is 27.4. The molecule has 0 fully saturated rings. The highest BCUT2D eigenvalue weighted by molar-refractivity contribution is 5.92. The first-order valence-electron chi connectivity index (χ1n) is 6.19. The minimum Gasteiger partial charge on any atom is -0.466 e. The van der Waals surface area contributed by atoms with Gasteiger partial charge in [0.25, 0.3) is 0 Å². The lowest BCUT2D eigenvalue weighted by Crippen LogP contribution is -2.54. The van der Waals surface area contributed by atoms with Crippen molar-refractivity contribution in [2.45, 2.75) is 39.0 Å². The molecule has 8 heteroatoms. The number of ether oxygens (including phenoxy) is 3. The van der Waals surface area contributed by atoms with Crippen LogP contribution in [0.5, 0.6) is 0 Å². The van der Waals surface area contributed by atoms with E-state index in [-0.39, 0.29) is 19.8 Å². The fourth-order valence-corrected chi connectivity index (χ4v) is 1.36. The number of carbonyl (C=O) groups is 3. The molecule has 0 heterocycles. The summed E-state index contributed by atoms with van der Waals surface area (Å²) in [6, 6.07) is 0. The number of rotatable bonds is 8. The quantitative estimate of drug-likeness (QED) is 0.502. The normalized spacial score (nSPS) is 14.8. The third-order valence-electron chi connectivity index (χ3n) is 2.26. The van der Waals surface area contributed by atoms with Crippen LogP contribution in [0.25, 0.3) is 0 Å². The average Bonchev–Trinajstić information content (AvgIpc) is 2.38. The fraction of sp³-hybridized carbons (Fsp3) is 0.750. The molecular formula is C12H19FO7. The molecule has 0 aliphatic carbocycles. The number of halogens is 1. The molecule has 0 saturated heterocycles. The highest BCUT2D eigenvalue weighted by atomic mass is 19.1. The van der Waals surface area contributed by atoms with Crippen molar-refractivity contribution in [3.8, 4) is 0 Å². The van der Waals surface area contributed by atoms with E-state index < -0.39 is 36.1 Å². The van der Waals surface area contributed by atoms with Crippen LogP contribution < -0.4 is 0 Å². The van der Waals surface area contributed by atoms with Crippen molar-refractivity contribution in [1.29, 1.82) is 0 Å². The molecule has 0 aliphatic heterocycles. The maximum Gasteiger partial charge on any atom is 0.344 e. The zero-order chi connectivity index (χ0) is 15.8. The van der Waals surface area contributed by atoms with E-state index in [2.05, 4.69) is 14.2 Å². The van der Waals surface area contributed by atoms with Gasteiger partial charge in [-0.25, -0.2) is 14.0 Å². The second-order valence-corrected chi connectivity index (χ2v) is 3.74. The summed E-state index contributed by atoms with van der Waals surface area (Å²) in [4.78, 5) is 34.3. The number of carbonyl (C=O) groups excluding carboxylic acids is 3. The highest BCUT2D eigenvalue weighted by Gasteiger charge is 2.52. The fourth-order valence-electron chi connectivity index (χ4n) is 1.36. The highest BCUT2D eigenvalue weighted by Crippen LogP contribution is 2.23. The second kappa shape index (κ2) is 8.47. The third kappa shape index (κ3) is 4.76. The van der Waals surface area contributed by atoms with Crippen LogP contribution in [0.4, 0.5) is 4.39 Å². The Labute approximate surface area is 116 Å². The monoisotopic (exact) mass is 294 g/mol. The Balaban J connectivity index is 5.18. The van der Waals surface area contributed by atoms with Crippen LogP contribution >= 0.6 is 0 Å². The number of aliphatic hydroxyl groups is 1. The minimum absolute atomic E-state index is 0.0197. The molecule has 0 amide bonds. The van der Waals surface area contributed by atoms with Gasteiger partial charge in [0.2, 0.25) is 11.8 Å². The molecule has 0 saturated carbocycles. The minimum atomic E-state index is -2.96. The Morgan fingerprint density at radius 1 is 1.05 bits per heavy atom. The molecule has 0 spiro atoms. The first-order chi connectivity index (χ1) is 9.33. The standard InChI is InChI=1S/C12H19FO7/c1-4-18-8(14)7-12(17,11(16)20-6-3)9(13)10(15)19-5-2/h9,17H,4-7H2,1-3H3/t9-,12-/m0/s1. The van der Waals surface area contributed by atoms with Gasteiger partial charge in [0.1, 0.15) is 0 Å². The van der Waals surface area contributed by atoms with Crippen molar-refractivity contribution < 1.29 is 38.1 Å². The molecule has 0 aliphatic rings. The van der Waals surface area contributed by atoms with Crippen LogP contribution in [-0.2, 0) is 28.6 Å². The van der Waals surface area contributed by atoms with Gasteiger partial charge in [-0.15, -0.1) is 0 Å². The average molecular weight is 294 g/mol. The Kier molecular flexibility index (Phi) is 7.75. The van der Waals surface area contributed by atoms with Crippen LogP contribution in [0, 0.1) is 0 Å². The summed E-state index contributed by atoms with van der Waals surface area (Å²) >= 11 is 0. The van der Waals surface area contributed by atoms with Crippen molar-refractivity contribution >= 4 is 17.9 Å². The maximum atomic E-state index is 14.0. The smallest absolute Gasteiger partial charge is 0.344 e. The maximum absolute atomic E-state index is 14.0. The van der Waals surface area contributed by atoms with E-state index in [1.54, 1.807) is 0 Å². The van der Waals surface area contributed by atoms with E-state index in [1.165, 1.54) is 20.8 Å². The summed E-state index contributed by atoms with van der Waals surface area (Å²) in [7, 11) is 0. The summed E-state index contributed by atoms with van der Waals surface area (Å²) in [6.07, 6.45) is -3.79. The lowest BCUT2D eigenvalue weighted by molar-refractivity contribution is -0.187. The van der Waals surface area contributed by atoms with Crippen molar-refractivity contribution in [2.75, 3.05) is 19.8 Å². The molecule has 0 radical (unpaired) electrons. The van der Waals surface area contributed by atoms with E-state index in [1.807, 2.05) is 0 Å². The Morgan fingerprint density at radius 2 is 1.55 bits per heavy atom. The summed E-state index contributed by atoms with van der Waals surface area (Å²) in [5.41, 5.74) is -2.96. The van der Waals surface area contributed by atoms with Gasteiger partial charge in [-0.05, 0) is 20.8 Å². The zero-order valence-corrected chi connectivity index (χ0v) is 11.7. The molecule has 7 nitrogen and oxygen atoms in total. The van der Waals surface area contributed by atoms with Gasteiger partial charge < -0.3 is 19.3 Å². The van der Waals surface area contributed by atoms with Crippen molar-refractivity contribution in [3.05, 3.63) is 0 Å². The van der Waals surface area contributed by atoms with Gasteiger partial charge in [-0.2, -0.15) is 0 Å². The van der Waals surface area contributed by atoms with E-state index in [0.717, 1.165) is 0 Å². The molecule has 0 unspecified atom stereocenters. The van der Waals surface area contributed by atoms with E-state index in [4.69, 9.17) is 0 Å². The molecule has 0 aromatic carbocycles. The molecule has 116 valence electrons. The topological polar surface area (TPSA) is 99.1 Å². The van der Waals surface area contributed by atoms with Gasteiger partial charge in [-0.3, -0.25) is 4.79 Å². The van der Waals surface area contributed by atoms with E-state index in [9.17, 15) is 23.9 Å². The predicted molar refractivity (Wildman–Crippen MR) is 64.4 cm³/mol. The first kappa shape index (κ1) is 18.3. The SMILES string of the molecule is CCOC(=O)C[C@@](O)(C(=O)OCC)[C@@H](F)C(=O)OCC. The number of hydrogen-bond acceptors (Lipinski definition) is 7. The zero-order valence-electron chi connectivity index (χ0n) is 11.7. The predicted octanol–water partition coefficient (Wildman–Crippen LogP) is 0.135. The van der Waals surface area contributed by atoms with Gasteiger partial charge >= 0.3 is 17.9 Å². The van der Waals surface area contributed by atoms with Crippen LogP contribution in [0.1, 0.15) is 27.2 Å². The summed E-state index contributed by atoms with van der Waals surface area (Å²) in [5, 5.41) is 10.0. The van der Waals surface area contributed by atoms with Crippen molar-refractivity contribution in [1.82, 2.24) is 0 Å². The molecule has 2 atom stereocenters. The molecular weight excluding hydrogens is 275 g/mol. The summed E-state index contributed by atoms with van der Waals surface area (Å²) in [6.45, 7) is 4.05. The van der Waals surface area contributed by atoms with Crippen molar-refractivity contribution in [2.24, 2.45) is 0 Å². The first-order valence-corrected chi connectivity index (χ1v) is 6.19. The molecule has 0 bridgehead atoms. The summed E-state index contributed by atoms with van der Waals surface area (Å²) in [5.74, 6) is -3.91. The Hall–Kier alpha value is -1.70. The van der Waals surface area contributed by atoms with Crippen LogP contribution in [0.15, 0.2) is 0 Å². The van der Waals surface area contributed by atoms with Crippen LogP contribution in [-0.4, -0.2) is 54.6 Å².